The number of nitriles is 1. The Hall–Kier alpha value is -4.22. The topological polar surface area (TPSA) is 102 Å². The first-order valence-corrected chi connectivity index (χ1v) is 11.5. The Labute approximate surface area is 190 Å². The number of fused-ring (bicyclic) bond motifs is 1. The number of benzene rings is 2. The average Bonchev–Trinajstić information content (AvgIpc) is 2.79. The van der Waals surface area contributed by atoms with Gasteiger partial charge in [0.2, 0.25) is 15.7 Å². The molecule has 164 valence electrons. The van der Waals surface area contributed by atoms with Crippen LogP contribution in [0.4, 0.5) is 0 Å². The lowest BCUT2D eigenvalue weighted by Crippen LogP contribution is -2.19. The molecular formula is C25H19N3O4S. The quantitative estimate of drug-likeness (QED) is 0.411. The van der Waals surface area contributed by atoms with E-state index in [1.807, 2.05) is 19.9 Å². The Morgan fingerprint density at radius 1 is 1.03 bits per heavy atom. The van der Waals surface area contributed by atoms with Crippen LogP contribution in [0.5, 0.6) is 11.6 Å². The smallest absolute Gasteiger partial charge is 0.269 e. The molecule has 2 aromatic carbocycles. The summed E-state index contributed by atoms with van der Waals surface area (Å²) in [5.74, 6) is 0.334. The highest BCUT2D eigenvalue weighted by Gasteiger charge is 2.23. The van der Waals surface area contributed by atoms with Crippen LogP contribution >= 0.6 is 0 Å². The Kier molecular flexibility index (Phi) is 5.82. The largest absolute Gasteiger partial charge is 0.438 e. The van der Waals surface area contributed by atoms with Crippen LogP contribution in [0.25, 0.3) is 11.7 Å². The van der Waals surface area contributed by atoms with Crippen LogP contribution < -0.4 is 10.3 Å². The number of allylic oxidation sites excluding steroid dienone is 1. The molecule has 0 aliphatic carbocycles. The Bertz CT molecular complexity index is 1600. The van der Waals surface area contributed by atoms with Crippen molar-refractivity contribution in [2.24, 2.45) is 0 Å². The predicted molar refractivity (Wildman–Crippen MR) is 125 cm³/mol. The first-order chi connectivity index (χ1) is 15.8. The lowest BCUT2D eigenvalue weighted by atomic mass is 10.2. The zero-order valence-electron chi connectivity index (χ0n) is 17.9. The summed E-state index contributed by atoms with van der Waals surface area (Å²) in [7, 11) is -4.16. The highest BCUT2D eigenvalue weighted by molar-refractivity contribution is 7.95. The molecule has 0 bridgehead atoms. The molecule has 0 unspecified atom stereocenters. The molecule has 2 aromatic heterocycles. The predicted octanol–water partition coefficient (Wildman–Crippen LogP) is 4.44. The second-order valence-corrected chi connectivity index (χ2v) is 9.34. The zero-order chi connectivity index (χ0) is 23.6. The van der Waals surface area contributed by atoms with Gasteiger partial charge in [-0.3, -0.25) is 9.20 Å². The maximum absolute atomic E-state index is 13.3. The van der Waals surface area contributed by atoms with E-state index in [2.05, 4.69) is 4.98 Å². The third-order valence-electron chi connectivity index (χ3n) is 4.94. The number of aromatic nitrogens is 2. The maximum Gasteiger partial charge on any atom is 0.269 e. The lowest BCUT2D eigenvalue weighted by molar-refractivity contribution is 0.460. The van der Waals surface area contributed by atoms with Crippen molar-refractivity contribution < 1.29 is 13.2 Å². The highest BCUT2D eigenvalue weighted by atomic mass is 32.2. The molecule has 7 nitrogen and oxygen atoms in total. The van der Waals surface area contributed by atoms with Crippen LogP contribution in [0.2, 0.25) is 0 Å². The van der Waals surface area contributed by atoms with E-state index in [0.29, 0.717) is 11.4 Å². The number of hydrogen-bond donors (Lipinski definition) is 0. The van der Waals surface area contributed by atoms with Crippen LogP contribution in [0, 0.1) is 25.2 Å². The Morgan fingerprint density at radius 2 is 1.79 bits per heavy atom. The molecule has 0 aliphatic heterocycles. The van der Waals surface area contributed by atoms with E-state index in [1.165, 1.54) is 22.7 Å². The van der Waals surface area contributed by atoms with Gasteiger partial charge in [0, 0.05) is 6.20 Å². The van der Waals surface area contributed by atoms with Gasteiger partial charge in [-0.05, 0) is 61.9 Å². The molecule has 33 heavy (non-hydrogen) atoms. The molecular weight excluding hydrogens is 438 g/mol. The third kappa shape index (κ3) is 4.40. The van der Waals surface area contributed by atoms with Crippen molar-refractivity contribution in [3.05, 3.63) is 105 Å². The molecule has 4 rings (SSSR count). The maximum atomic E-state index is 13.3. The normalized spacial score (nSPS) is 11.8. The van der Waals surface area contributed by atoms with E-state index in [4.69, 9.17) is 4.74 Å². The van der Waals surface area contributed by atoms with E-state index in [1.54, 1.807) is 54.6 Å². The molecule has 0 atom stereocenters. The van der Waals surface area contributed by atoms with Crippen LogP contribution in [-0.4, -0.2) is 17.8 Å². The summed E-state index contributed by atoms with van der Waals surface area (Å²) in [6.07, 6.45) is 2.54. The summed E-state index contributed by atoms with van der Waals surface area (Å²) in [6.45, 7) is 3.71. The first-order valence-electron chi connectivity index (χ1n) is 9.99. The molecule has 0 fully saturated rings. The van der Waals surface area contributed by atoms with Crippen molar-refractivity contribution >= 4 is 21.6 Å². The van der Waals surface area contributed by atoms with Gasteiger partial charge in [-0.2, -0.15) is 10.2 Å². The van der Waals surface area contributed by atoms with Gasteiger partial charge in [0.05, 0.1) is 4.90 Å². The third-order valence-corrected chi connectivity index (χ3v) is 6.63. The minimum atomic E-state index is -4.16. The van der Waals surface area contributed by atoms with Gasteiger partial charge in [-0.1, -0.05) is 35.9 Å². The number of hydrogen-bond acceptors (Lipinski definition) is 6. The van der Waals surface area contributed by atoms with Crippen molar-refractivity contribution in [2.75, 3.05) is 0 Å². The van der Waals surface area contributed by atoms with Crippen molar-refractivity contribution in [1.29, 1.82) is 5.26 Å². The highest BCUT2D eigenvalue weighted by Crippen LogP contribution is 2.27. The average molecular weight is 458 g/mol. The van der Waals surface area contributed by atoms with Crippen LogP contribution in [-0.2, 0) is 9.84 Å². The fourth-order valence-corrected chi connectivity index (χ4v) is 4.36. The van der Waals surface area contributed by atoms with Crippen molar-refractivity contribution in [3.8, 4) is 17.7 Å². The van der Waals surface area contributed by atoms with Crippen molar-refractivity contribution in [2.45, 2.75) is 18.7 Å². The number of pyridine rings is 1. The monoisotopic (exact) mass is 457 g/mol. The summed E-state index contributed by atoms with van der Waals surface area (Å²) in [5.41, 5.74) is 1.42. The standard InChI is InChI=1S/C25H19N3O4S/c1-17-9-11-20(12-10-17)33(30,31)21(16-26)15-22-24(32-19-7-5-6-18(2)14-19)27-23-8-3-4-13-28(23)25(22)29/h3-15H,1-2H3/b21-15+. The van der Waals surface area contributed by atoms with Crippen LogP contribution in [0.1, 0.15) is 16.7 Å². The second kappa shape index (κ2) is 8.73. The lowest BCUT2D eigenvalue weighted by Gasteiger charge is -2.11. The molecule has 0 N–H and O–H groups in total. The minimum absolute atomic E-state index is 0.0455. The van der Waals surface area contributed by atoms with Gasteiger partial charge in [0.15, 0.2) is 0 Å². The fourth-order valence-electron chi connectivity index (χ4n) is 3.22. The minimum Gasteiger partial charge on any atom is -0.438 e. The van der Waals surface area contributed by atoms with Crippen LogP contribution in [0.15, 0.2) is 87.5 Å². The molecule has 0 radical (unpaired) electrons. The number of aryl methyl sites for hydroxylation is 2. The van der Waals surface area contributed by atoms with Gasteiger partial charge in [-0.15, -0.1) is 0 Å². The molecule has 8 heteroatoms. The van der Waals surface area contributed by atoms with Gasteiger partial charge < -0.3 is 4.74 Å². The zero-order valence-corrected chi connectivity index (χ0v) is 18.7. The summed E-state index contributed by atoms with van der Waals surface area (Å²) in [4.78, 5) is 17.0. The number of nitrogens with zero attached hydrogens (tertiary/aromatic N) is 3. The summed E-state index contributed by atoms with van der Waals surface area (Å²) in [6, 6.07) is 20.0. The van der Waals surface area contributed by atoms with Gasteiger partial charge in [0.25, 0.3) is 5.56 Å². The summed E-state index contributed by atoms with van der Waals surface area (Å²) >= 11 is 0. The van der Waals surface area contributed by atoms with E-state index in [-0.39, 0.29) is 16.3 Å². The molecule has 0 aliphatic rings. The molecule has 0 saturated carbocycles. The van der Waals surface area contributed by atoms with E-state index in [0.717, 1.165) is 17.2 Å². The van der Waals surface area contributed by atoms with Gasteiger partial charge in [0.1, 0.15) is 27.9 Å². The number of ether oxygens (including phenoxy) is 1. The molecule has 0 amide bonds. The molecule has 0 saturated heterocycles. The second-order valence-electron chi connectivity index (χ2n) is 7.42. The fraction of sp³-hybridized carbons (Fsp3) is 0.0800. The number of sulfone groups is 1. The van der Waals surface area contributed by atoms with E-state index < -0.39 is 20.3 Å². The summed E-state index contributed by atoms with van der Waals surface area (Å²) < 4.78 is 33.4. The van der Waals surface area contributed by atoms with Crippen LogP contribution in [0.3, 0.4) is 0 Å². The molecule has 0 spiro atoms. The Balaban J connectivity index is 1.93. The van der Waals surface area contributed by atoms with Gasteiger partial charge in [-0.25, -0.2) is 8.42 Å². The van der Waals surface area contributed by atoms with Crippen molar-refractivity contribution in [3.63, 3.8) is 0 Å². The molecule has 2 heterocycles. The first kappa shape index (κ1) is 22.0. The summed E-state index contributed by atoms with van der Waals surface area (Å²) in [5, 5.41) is 9.69. The van der Waals surface area contributed by atoms with Crippen molar-refractivity contribution in [1.82, 2.24) is 9.38 Å². The number of rotatable bonds is 5. The van der Waals surface area contributed by atoms with E-state index >= 15 is 0 Å². The van der Waals surface area contributed by atoms with Gasteiger partial charge >= 0.3 is 0 Å². The SMILES string of the molecule is Cc1ccc(S(=O)(=O)/C(C#N)=C/c2c(Oc3cccc(C)c3)nc3ccccn3c2=O)cc1. The molecule has 4 aromatic rings. The Morgan fingerprint density at radius 3 is 2.48 bits per heavy atom. The van der Waals surface area contributed by atoms with E-state index in [9.17, 15) is 18.5 Å².